The van der Waals surface area contributed by atoms with Crippen LogP contribution in [0.25, 0.3) is 0 Å². The van der Waals surface area contributed by atoms with Gasteiger partial charge in [0, 0.05) is 11.3 Å². The highest BCUT2D eigenvalue weighted by atomic mass is 28.4. The molecular formula is C14H37N3Si2. The lowest BCUT2D eigenvalue weighted by Crippen LogP contribution is -2.72. The third kappa shape index (κ3) is 5.30. The summed E-state index contributed by atoms with van der Waals surface area (Å²) < 4.78 is 4.19. The maximum Gasteiger partial charge on any atom is 0.130 e. The summed E-state index contributed by atoms with van der Waals surface area (Å²) in [6.07, 6.45) is 2.48. The van der Waals surface area contributed by atoms with Crippen LogP contribution < -0.4 is 4.65 Å². The van der Waals surface area contributed by atoms with E-state index < -0.39 is 16.5 Å². The van der Waals surface area contributed by atoms with Gasteiger partial charge in [-0.3, -0.25) is 0 Å². The summed E-state index contributed by atoms with van der Waals surface area (Å²) in [5.41, 5.74) is 1.41. The molecule has 0 aromatic carbocycles. The average Bonchev–Trinajstić information content (AvgIpc) is 2.14. The van der Waals surface area contributed by atoms with Crippen LogP contribution in [0.5, 0.6) is 0 Å². The molecule has 0 aliphatic heterocycles. The number of hydrogen-bond donors (Lipinski definition) is 1. The van der Waals surface area contributed by atoms with Crippen LogP contribution in [0.2, 0.25) is 26.2 Å². The molecule has 1 N–H and O–H groups in total. The topological polar surface area (TPSA) is 18.5 Å². The van der Waals surface area contributed by atoms with Gasteiger partial charge in [0.15, 0.2) is 0 Å². The van der Waals surface area contributed by atoms with E-state index in [2.05, 4.69) is 82.7 Å². The van der Waals surface area contributed by atoms with Crippen LogP contribution in [0.3, 0.4) is 0 Å². The Balaban J connectivity index is 5.07. The maximum atomic E-state index is 4.19. The molecule has 5 heteroatoms. The van der Waals surface area contributed by atoms with E-state index in [4.69, 9.17) is 0 Å². The van der Waals surface area contributed by atoms with Crippen LogP contribution >= 0.6 is 0 Å². The molecule has 0 aliphatic carbocycles. The first kappa shape index (κ1) is 19.3. The Morgan fingerprint density at radius 1 is 0.737 bits per heavy atom. The molecule has 0 amide bonds. The molecule has 0 heterocycles. The van der Waals surface area contributed by atoms with Crippen molar-refractivity contribution in [3.05, 3.63) is 0 Å². The Labute approximate surface area is 123 Å². The second-order valence-electron chi connectivity index (χ2n) is 7.34. The van der Waals surface area contributed by atoms with Gasteiger partial charge in [-0.2, -0.15) is 0 Å². The summed E-state index contributed by atoms with van der Waals surface area (Å²) >= 11 is 0. The van der Waals surface area contributed by atoms with Gasteiger partial charge < -0.3 is 14.4 Å². The molecule has 3 nitrogen and oxygen atoms in total. The molecule has 0 fully saturated rings. The standard InChI is InChI=1S/C14H37N3Si2/c1-11-13(16(3)4)18(7,8)15-19(9,10)14(12-2)17(5)6/h13-15H,11-12H2,1-10H3. The SMILES string of the molecule is CCC(N(C)C)[Si](C)(C)N[Si](C)(C)C(CC)N(C)C. The predicted molar refractivity (Wildman–Crippen MR) is 93.6 cm³/mol. The van der Waals surface area contributed by atoms with E-state index in [-0.39, 0.29) is 0 Å². The predicted octanol–water partition coefficient (Wildman–Crippen LogP) is 2.75. The number of rotatable bonds is 8. The fourth-order valence-corrected chi connectivity index (χ4v) is 16.6. The minimum absolute atomic E-state index is 0.707. The summed E-state index contributed by atoms with van der Waals surface area (Å²) in [5.74, 6) is 0. The van der Waals surface area contributed by atoms with Gasteiger partial charge in [-0.05, 0) is 41.0 Å². The van der Waals surface area contributed by atoms with Crippen molar-refractivity contribution < 1.29 is 0 Å². The highest BCUT2D eigenvalue weighted by Crippen LogP contribution is 2.20. The zero-order valence-corrected chi connectivity index (χ0v) is 17.0. The van der Waals surface area contributed by atoms with Crippen LogP contribution in [0.15, 0.2) is 0 Å². The normalized spacial score (nSPS) is 17.1. The molecule has 0 aromatic rings. The molecule has 0 radical (unpaired) electrons. The van der Waals surface area contributed by atoms with E-state index in [1.54, 1.807) is 0 Å². The second-order valence-corrected chi connectivity index (χ2v) is 16.6. The van der Waals surface area contributed by atoms with Gasteiger partial charge in [0.05, 0.1) is 0 Å². The molecule has 2 unspecified atom stereocenters. The smallest absolute Gasteiger partial charge is 0.130 e. The van der Waals surface area contributed by atoms with Crippen LogP contribution in [0.4, 0.5) is 0 Å². The minimum Gasteiger partial charge on any atom is -0.357 e. The first-order valence-electron chi connectivity index (χ1n) is 7.61. The molecule has 0 spiro atoms. The Morgan fingerprint density at radius 2 is 1.00 bits per heavy atom. The lowest BCUT2D eigenvalue weighted by Gasteiger charge is -2.46. The Bertz CT molecular complexity index is 239. The van der Waals surface area contributed by atoms with E-state index in [1.165, 1.54) is 12.8 Å². The molecule has 0 rings (SSSR count). The van der Waals surface area contributed by atoms with Gasteiger partial charge in [-0.15, -0.1) is 0 Å². The first-order valence-corrected chi connectivity index (χ1v) is 13.8. The van der Waals surface area contributed by atoms with E-state index >= 15 is 0 Å². The van der Waals surface area contributed by atoms with Crippen LogP contribution in [-0.4, -0.2) is 65.8 Å². The van der Waals surface area contributed by atoms with Crippen molar-refractivity contribution in [3.63, 3.8) is 0 Å². The Kier molecular flexibility index (Phi) is 7.48. The molecule has 19 heavy (non-hydrogen) atoms. The summed E-state index contributed by atoms with van der Waals surface area (Å²) in [6, 6.07) is 0. The number of hydrogen-bond acceptors (Lipinski definition) is 3. The largest absolute Gasteiger partial charge is 0.357 e. The first-order chi connectivity index (χ1) is 8.49. The fraction of sp³-hybridized carbons (Fsp3) is 1.00. The number of nitrogens with one attached hydrogen (secondary N) is 1. The molecule has 0 bridgehead atoms. The third-order valence-corrected chi connectivity index (χ3v) is 14.7. The summed E-state index contributed by atoms with van der Waals surface area (Å²) in [6.45, 7) is 14.6. The highest BCUT2D eigenvalue weighted by Gasteiger charge is 2.41. The maximum absolute atomic E-state index is 4.19. The summed E-state index contributed by atoms with van der Waals surface area (Å²) in [5, 5.41) is 0. The van der Waals surface area contributed by atoms with Crippen molar-refractivity contribution in [1.29, 1.82) is 0 Å². The van der Waals surface area contributed by atoms with Gasteiger partial charge in [0.1, 0.15) is 16.5 Å². The van der Waals surface area contributed by atoms with Crippen molar-refractivity contribution in [2.45, 2.75) is 64.2 Å². The van der Waals surface area contributed by atoms with Crippen LogP contribution in [0.1, 0.15) is 26.7 Å². The monoisotopic (exact) mass is 303 g/mol. The van der Waals surface area contributed by atoms with Crippen molar-refractivity contribution >= 4 is 16.5 Å². The second kappa shape index (κ2) is 7.36. The van der Waals surface area contributed by atoms with Gasteiger partial charge in [-0.25, -0.2) is 0 Å². The van der Waals surface area contributed by atoms with Gasteiger partial charge >= 0.3 is 0 Å². The Hall–Kier alpha value is 0.314. The molecule has 0 saturated carbocycles. The van der Waals surface area contributed by atoms with Crippen LogP contribution in [0, 0.1) is 0 Å². The number of nitrogens with zero attached hydrogens (tertiary/aromatic N) is 2. The van der Waals surface area contributed by atoms with Crippen LogP contribution in [-0.2, 0) is 0 Å². The zero-order chi connectivity index (χ0) is 15.4. The van der Waals surface area contributed by atoms with Crippen molar-refractivity contribution in [1.82, 2.24) is 14.4 Å². The zero-order valence-electron chi connectivity index (χ0n) is 15.0. The average molecular weight is 304 g/mol. The van der Waals surface area contributed by atoms with E-state index in [0.29, 0.717) is 11.3 Å². The van der Waals surface area contributed by atoms with Gasteiger partial charge in [-0.1, -0.05) is 40.0 Å². The fourth-order valence-electron chi connectivity index (χ4n) is 4.04. The summed E-state index contributed by atoms with van der Waals surface area (Å²) in [7, 11) is 6.01. The molecule has 116 valence electrons. The van der Waals surface area contributed by atoms with E-state index in [9.17, 15) is 0 Å². The molecular weight excluding hydrogens is 266 g/mol. The Morgan fingerprint density at radius 3 is 1.16 bits per heavy atom. The molecule has 0 saturated heterocycles. The van der Waals surface area contributed by atoms with E-state index in [1.807, 2.05) is 0 Å². The quantitative estimate of drug-likeness (QED) is 0.696. The van der Waals surface area contributed by atoms with Crippen molar-refractivity contribution in [2.75, 3.05) is 28.2 Å². The minimum atomic E-state index is -1.45. The van der Waals surface area contributed by atoms with Crippen molar-refractivity contribution in [2.24, 2.45) is 0 Å². The van der Waals surface area contributed by atoms with Crippen molar-refractivity contribution in [3.8, 4) is 0 Å². The van der Waals surface area contributed by atoms with Gasteiger partial charge in [0.2, 0.25) is 0 Å². The van der Waals surface area contributed by atoms with Gasteiger partial charge in [0.25, 0.3) is 0 Å². The molecule has 2 atom stereocenters. The molecule has 0 aromatic heterocycles. The lowest BCUT2D eigenvalue weighted by molar-refractivity contribution is 0.346. The lowest BCUT2D eigenvalue weighted by atomic mass is 10.4. The highest BCUT2D eigenvalue weighted by molar-refractivity contribution is 6.92. The summed E-state index contributed by atoms with van der Waals surface area (Å²) in [4.78, 5) is 4.83. The molecule has 0 aliphatic rings. The van der Waals surface area contributed by atoms with E-state index in [0.717, 1.165) is 0 Å². The third-order valence-electron chi connectivity index (χ3n) is 4.33.